The summed E-state index contributed by atoms with van der Waals surface area (Å²) < 4.78 is 13.2. The van der Waals surface area contributed by atoms with Gasteiger partial charge >= 0.3 is 0 Å². The predicted molar refractivity (Wildman–Crippen MR) is 91.8 cm³/mol. The lowest BCUT2D eigenvalue weighted by Crippen LogP contribution is -2.34. The lowest BCUT2D eigenvalue weighted by atomic mass is 10.1. The Morgan fingerprint density at radius 2 is 2.29 bits per heavy atom. The van der Waals surface area contributed by atoms with E-state index >= 15 is 0 Å². The number of hydrogen-bond acceptors (Lipinski definition) is 4. The Morgan fingerprint density at radius 3 is 2.88 bits per heavy atom. The lowest BCUT2D eigenvalue weighted by molar-refractivity contribution is -0.130. The van der Waals surface area contributed by atoms with Gasteiger partial charge in [-0.2, -0.15) is 5.26 Å². The van der Waals surface area contributed by atoms with E-state index in [1.54, 1.807) is 19.2 Å². The molecule has 24 heavy (non-hydrogen) atoms. The molecule has 0 aliphatic carbocycles. The summed E-state index contributed by atoms with van der Waals surface area (Å²) in [6, 6.07) is 3.79. The highest BCUT2D eigenvalue weighted by Gasteiger charge is 2.22. The number of amides is 1. The van der Waals surface area contributed by atoms with E-state index in [-0.39, 0.29) is 17.6 Å². The van der Waals surface area contributed by atoms with Crippen LogP contribution in [0.15, 0.2) is 12.3 Å². The third-order valence-corrected chi connectivity index (χ3v) is 4.10. The van der Waals surface area contributed by atoms with Crippen molar-refractivity contribution in [2.45, 2.75) is 64.7 Å². The van der Waals surface area contributed by atoms with Crippen LogP contribution >= 0.6 is 0 Å². The quantitative estimate of drug-likeness (QED) is 0.898. The summed E-state index contributed by atoms with van der Waals surface area (Å²) in [5.74, 6) is 0.382. The van der Waals surface area contributed by atoms with Crippen LogP contribution in [0, 0.1) is 11.3 Å². The zero-order valence-electron chi connectivity index (χ0n) is 15.0. The number of carbonyl (C=O) groups is 1. The van der Waals surface area contributed by atoms with Gasteiger partial charge in [-0.05, 0) is 53.0 Å². The molecule has 0 spiro atoms. The lowest BCUT2D eigenvalue weighted by Gasteiger charge is -2.26. The summed E-state index contributed by atoms with van der Waals surface area (Å²) in [7, 11) is 0. The second kappa shape index (κ2) is 7.82. The van der Waals surface area contributed by atoms with Crippen LogP contribution in [0.25, 0.3) is 0 Å². The molecule has 6 nitrogen and oxygen atoms in total. The van der Waals surface area contributed by atoms with Gasteiger partial charge in [0.25, 0.3) is 5.91 Å². The number of hydrogen-bond donors (Lipinski definition) is 1. The summed E-state index contributed by atoms with van der Waals surface area (Å²) in [5.41, 5.74) is 0.280. The molecule has 1 aromatic rings. The van der Waals surface area contributed by atoms with Gasteiger partial charge < -0.3 is 19.4 Å². The second-order valence-corrected chi connectivity index (χ2v) is 7.22. The average molecular weight is 333 g/mol. The van der Waals surface area contributed by atoms with E-state index in [1.165, 1.54) is 0 Å². The van der Waals surface area contributed by atoms with E-state index in [1.807, 2.05) is 25.3 Å². The third-order valence-electron chi connectivity index (χ3n) is 4.10. The molecule has 0 bridgehead atoms. The molecule has 0 aromatic carbocycles. The van der Waals surface area contributed by atoms with Gasteiger partial charge in [-0.25, -0.2) is 0 Å². The molecule has 2 heterocycles. The molecule has 1 amide bonds. The molecule has 1 aliphatic rings. The van der Waals surface area contributed by atoms with Crippen LogP contribution in [-0.4, -0.2) is 35.9 Å². The fraction of sp³-hybridized carbons (Fsp3) is 0.667. The Morgan fingerprint density at radius 1 is 1.54 bits per heavy atom. The average Bonchev–Trinajstić information content (AvgIpc) is 2.96. The Hall–Kier alpha value is -1.84. The Labute approximate surface area is 143 Å². The summed E-state index contributed by atoms with van der Waals surface area (Å²) in [4.78, 5) is 12.4. The molecular weight excluding hydrogens is 306 g/mol. The van der Waals surface area contributed by atoms with Crippen LogP contribution in [0.3, 0.4) is 0 Å². The highest BCUT2D eigenvalue weighted by Crippen LogP contribution is 2.24. The monoisotopic (exact) mass is 333 g/mol. The zero-order chi connectivity index (χ0) is 17.7. The van der Waals surface area contributed by atoms with Crippen LogP contribution in [0.1, 0.15) is 52.5 Å². The fourth-order valence-electron chi connectivity index (χ4n) is 2.67. The van der Waals surface area contributed by atoms with Gasteiger partial charge in [0, 0.05) is 18.3 Å². The standard InChI is InChI=1S/C18H27N3O3/c1-13(24-12-15-7-5-6-8-23-15)17(22)20-16-9-14(10-19)11-21(16)18(2,3)4/h9,11,13,15H,5-8,12H2,1-4H3,(H,20,22). The molecule has 1 saturated heterocycles. The maximum absolute atomic E-state index is 12.4. The van der Waals surface area contributed by atoms with Gasteiger partial charge in [-0.3, -0.25) is 4.79 Å². The largest absolute Gasteiger partial charge is 0.376 e. The summed E-state index contributed by atoms with van der Waals surface area (Å²) in [5, 5.41) is 12.0. The molecule has 2 atom stereocenters. The minimum absolute atomic E-state index is 0.0811. The molecule has 1 fully saturated rings. The first-order chi connectivity index (χ1) is 11.3. The van der Waals surface area contributed by atoms with Crippen molar-refractivity contribution < 1.29 is 14.3 Å². The molecule has 1 aliphatic heterocycles. The van der Waals surface area contributed by atoms with Crippen LogP contribution in [-0.2, 0) is 19.8 Å². The molecule has 6 heteroatoms. The van der Waals surface area contributed by atoms with Crippen molar-refractivity contribution in [1.29, 1.82) is 5.26 Å². The van der Waals surface area contributed by atoms with Crippen molar-refractivity contribution in [3.63, 3.8) is 0 Å². The number of nitrogens with zero attached hydrogens (tertiary/aromatic N) is 2. The van der Waals surface area contributed by atoms with Crippen molar-refractivity contribution in [3.05, 3.63) is 17.8 Å². The van der Waals surface area contributed by atoms with Crippen molar-refractivity contribution >= 4 is 11.7 Å². The summed E-state index contributed by atoms with van der Waals surface area (Å²) >= 11 is 0. The van der Waals surface area contributed by atoms with Gasteiger partial charge in [0.2, 0.25) is 0 Å². The summed E-state index contributed by atoms with van der Waals surface area (Å²) in [6.07, 6.45) is 4.47. The Balaban J connectivity index is 1.96. The number of carbonyl (C=O) groups excluding carboxylic acids is 1. The molecular formula is C18H27N3O3. The van der Waals surface area contributed by atoms with Gasteiger partial charge in [-0.15, -0.1) is 0 Å². The number of rotatable bonds is 5. The van der Waals surface area contributed by atoms with Crippen molar-refractivity contribution in [1.82, 2.24) is 4.57 Å². The highest BCUT2D eigenvalue weighted by atomic mass is 16.5. The first-order valence-corrected chi connectivity index (χ1v) is 8.48. The normalized spacial score (nSPS) is 19.5. The molecule has 0 saturated carbocycles. The molecule has 2 unspecified atom stereocenters. The van der Waals surface area contributed by atoms with Crippen molar-refractivity contribution in [2.75, 3.05) is 18.5 Å². The Kier molecular flexibility index (Phi) is 6.03. The molecule has 2 rings (SSSR count). The van der Waals surface area contributed by atoms with Gasteiger partial charge in [-0.1, -0.05) is 0 Å². The second-order valence-electron chi connectivity index (χ2n) is 7.22. The smallest absolute Gasteiger partial charge is 0.254 e. The van der Waals surface area contributed by atoms with E-state index in [2.05, 4.69) is 11.4 Å². The van der Waals surface area contributed by atoms with Crippen LogP contribution < -0.4 is 5.32 Å². The third kappa shape index (κ3) is 4.83. The molecule has 132 valence electrons. The van der Waals surface area contributed by atoms with E-state index in [0.29, 0.717) is 18.0 Å². The van der Waals surface area contributed by atoms with E-state index in [9.17, 15) is 4.79 Å². The van der Waals surface area contributed by atoms with Crippen LogP contribution in [0.5, 0.6) is 0 Å². The van der Waals surface area contributed by atoms with Gasteiger partial charge in [0.1, 0.15) is 18.0 Å². The number of nitriles is 1. The van der Waals surface area contributed by atoms with E-state index in [4.69, 9.17) is 14.7 Å². The van der Waals surface area contributed by atoms with Gasteiger partial charge in [0.05, 0.1) is 18.3 Å². The number of anilines is 1. The van der Waals surface area contributed by atoms with Crippen molar-refractivity contribution in [2.24, 2.45) is 0 Å². The number of nitrogens with one attached hydrogen (secondary N) is 1. The number of ether oxygens (including phenoxy) is 2. The first-order valence-electron chi connectivity index (χ1n) is 8.48. The topological polar surface area (TPSA) is 76.3 Å². The van der Waals surface area contributed by atoms with Gasteiger partial charge in [0.15, 0.2) is 0 Å². The zero-order valence-corrected chi connectivity index (χ0v) is 15.0. The maximum atomic E-state index is 12.4. The minimum Gasteiger partial charge on any atom is -0.376 e. The first kappa shape index (κ1) is 18.5. The van der Waals surface area contributed by atoms with Crippen molar-refractivity contribution in [3.8, 4) is 6.07 Å². The van der Waals surface area contributed by atoms with Crippen LogP contribution in [0.4, 0.5) is 5.82 Å². The van der Waals surface area contributed by atoms with Crippen LogP contribution in [0.2, 0.25) is 0 Å². The number of aromatic nitrogens is 1. The van der Waals surface area contributed by atoms with E-state index in [0.717, 1.165) is 25.9 Å². The minimum atomic E-state index is -0.579. The SMILES string of the molecule is CC(OCC1CCCCO1)C(=O)Nc1cc(C#N)cn1C(C)(C)C. The molecule has 1 N–H and O–H groups in total. The predicted octanol–water partition coefficient (Wildman–Crippen LogP) is 3.03. The molecule has 0 radical (unpaired) electrons. The fourth-order valence-corrected chi connectivity index (χ4v) is 2.67. The maximum Gasteiger partial charge on any atom is 0.254 e. The van der Waals surface area contributed by atoms with E-state index < -0.39 is 6.10 Å². The Bertz CT molecular complexity index is 604. The highest BCUT2D eigenvalue weighted by molar-refractivity contribution is 5.93. The molecule has 1 aromatic heterocycles. The summed E-state index contributed by atoms with van der Waals surface area (Å²) in [6.45, 7) is 8.98.